The molecule has 1 N–H and O–H groups in total. The van der Waals surface area contributed by atoms with E-state index in [1.54, 1.807) is 25.6 Å². The summed E-state index contributed by atoms with van der Waals surface area (Å²) in [4.78, 5) is 12.7. The number of hydrogen-bond donors (Lipinski definition) is 1. The molecule has 3 aromatic heterocycles. The highest BCUT2D eigenvalue weighted by atomic mass is 35.5. The number of methoxy groups -OCH3 is 1. The van der Waals surface area contributed by atoms with Crippen LogP contribution < -0.4 is 4.74 Å². The molecule has 0 spiro atoms. The largest absolute Gasteiger partial charge is 0.481 e. The van der Waals surface area contributed by atoms with Crippen LogP contribution in [0.25, 0.3) is 22.3 Å². The number of fused-ring (bicyclic) bond motifs is 1. The van der Waals surface area contributed by atoms with Gasteiger partial charge in [0.1, 0.15) is 5.52 Å². The van der Waals surface area contributed by atoms with Crippen molar-refractivity contribution in [1.29, 1.82) is 0 Å². The number of aromatic hydroxyl groups is 1. The summed E-state index contributed by atoms with van der Waals surface area (Å²) in [5.41, 5.74) is 2.77. The first kappa shape index (κ1) is 16.5. The third-order valence-corrected chi connectivity index (χ3v) is 4.48. The predicted molar refractivity (Wildman–Crippen MR) is 93.6 cm³/mol. The van der Waals surface area contributed by atoms with Crippen molar-refractivity contribution in [3.05, 3.63) is 29.5 Å². The fourth-order valence-electron chi connectivity index (χ4n) is 2.95. The van der Waals surface area contributed by atoms with Crippen LogP contribution in [0.5, 0.6) is 11.9 Å². The van der Waals surface area contributed by atoms with Crippen LogP contribution in [0, 0.1) is 0 Å². The van der Waals surface area contributed by atoms with Gasteiger partial charge in [-0.15, -0.1) is 0 Å². The first-order valence-electron chi connectivity index (χ1n) is 7.86. The van der Waals surface area contributed by atoms with E-state index < -0.39 is 0 Å². The molecule has 3 rings (SSSR count). The zero-order chi connectivity index (χ0) is 17.3. The lowest BCUT2D eigenvalue weighted by Gasteiger charge is -2.18. The van der Waals surface area contributed by atoms with Gasteiger partial charge in [-0.25, -0.2) is 9.97 Å². The maximum absolute atomic E-state index is 10.3. The van der Waals surface area contributed by atoms with Gasteiger partial charge in [0.2, 0.25) is 5.88 Å². The van der Waals surface area contributed by atoms with E-state index in [9.17, 15) is 5.11 Å². The van der Waals surface area contributed by atoms with Crippen molar-refractivity contribution >= 4 is 22.8 Å². The van der Waals surface area contributed by atoms with Gasteiger partial charge in [0, 0.05) is 35.6 Å². The van der Waals surface area contributed by atoms with Gasteiger partial charge < -0.3 is 9.84 Å². The van der Waals surface area contributed by atoms with E-state index in [0.717, 1.165) is 29.5 Å². The summed E-state index contributed by atoms with van der Waals surface area (Å²) >= 11 is 6.44. The van der Waals surface area contributed by atoms with Crippen LogP contribution in [-0.4, -0.2) is 31.7 Å². The average molecular weight is 347 g/mol. The van der Waals surface area contributed by atoms with Gasteiger partial charge in [0.15, 0.2) is 5.65 Å². The summed E-state index contributed by atoms with van der Waals surface area (Å²) in [7, 11) is 1.57. The van der Waals surface area contributed by atoms with E-state index >= 15 is 0 Å². The minimum atomic E-state index is -0.0452. The molecule has 0 unspecified atom stereocenters. The van der Waals surface area contributed by atoms with E-state index in [-0.39, 0.29) is 12.1 Å². The monoisotopic (exact) mass is 346 g/mol. The third-order valence-electron chi connectivity index (χ3n) is 4.19. The Balaban J connectivity index is 2.31. The van der Waals surface area contributed by atoms with Crippen LogP contribution in [0.1, 0.15) is 32.7 Å². The van der Waals surface area contributed by atoms with Crippen LogP contribution in [0.2, 0.25) is 5.02 Å². The zero-order valence-corrected chi connectivity index (χ0v) is 14.6. The van der Waals surface area contributed by atoms with Crippen molar-refractivity contribution in [2.75, 3.05) is 7.11 Å². The summed E-state index contributed by atoms with van der Waals surface area (Å²) in [6.07, 6.45) is 4.97. The van der Waals surface area contributed by atoms with Gasteiger partial charge in [-0.05, 0) is 18.9 Å². The summed E-state index contributed by atoms with van der Waals surface area (Å²) in [6, 6.07) is 3.72. The number of hydrogen-bond acceptors (Lipinski definition) is 5. The molecule has 6 nitrogen and oxygen atoms in total. The van der Waals surface area contributed by atoms with Gasteiger partial charge in [-0.1, -0.05) is 25.4 Å². The Kier molecular flexibility index (Phi) is 4.57. The summed E-state index contributed by atoms with van der Waals surface area (Å²) < 4.78 is 6.92. The highest BCUT2D eigenvalue weighted by molar-refractivity contribution is 6.34. The van der Waals surface area contributed by atoms with Gasteiger partial charge in [0.05, 0.1) is 12.1 Å². The second kappa shape index (κ2) is 6.65. The fraction of sp³-hybridized carbons (Fsp3) is 0.353. The molecule has 0 aromatic carbocycles. The molecule has 0 aliphatic carbocycles. The molecule has 0 saturated carbocycles. The predicted octanol–water partition coefficient (Wildman–Crippen LogP) is 4.22. The Morgan fingerprint density at radius 2 is 1.96 bits per heavy atom. The molecule has 0 amide bonds. The molecular weight excluding hydrogens is 328 g/mol. The molecule has 0 fully saturated rings. The maximum Gasteiger partial charge on any atom is 0.296 e. The molecule has 3 aromatic rings. The van der Waals surface area contributed by atoms with Crippen molar-refractivity contribution in [3.8, 4) is 23.0 Å². The van der Waals surface area contributed by atoms with E-state index in [4.69, 9.17) is 16.3 Å². The van der Waals surface area contributed by atoms with Crippen LogP contribution in [-0.2, 0) is 0 Å². The molecular formula is C17H19ClN4O2. The molecule has 0 radical (unpaired) electrons. The smallest absolute Gasteiger partial charge is 0.296 e. The van der Waals surface area contributed by atoms with E-state index in [1.165, 1.54) is 0 Å². The Bertz CT molecular complexity index is 857. The number of imidazole rings is 1. The van der Waals surface area contributed by atoms with Gasteiger partial charge in [-0.2, -0.15) is 4.98 Å². The van der Waals surface area contributed by atoms with Gasteiger partial charge >= 0.3 is 0 Å². The molecule has 0 atom stereocenters. The van der Waals surface area contributed by atoms with Crippen molar-refractivity contribution in [1.82, 2.24) is 19.5 Å². The highest BCUT2D eigenvalue weighted by Crippen LogP contribution is 2.38. The second-order valence-corrected chi connectivity index (χ2v) is 5.90. The number of pyridine rings is 2. The first-order chi connectivity index (χ1) is 11.6. The molecule has 3 heterocycles. The molecule has 7 heteroatoms. The standard InChI is InChI=1S/C17H19ClN4O2/c1-4-11(5-2)22-15-14(10-6-7-13(24-3)19-8-10)12(18)9-20-16(15)21-17(22)23/h6-9,11H,4-5H2,1-3H3,(H,20,21,23). The molecule has 126 valence electrons. The van der Waals surface area contributed by atoms with E-state index in [0.29, 0.717) is 16.5 Å². The molecule has 0 aliphatic rings. The molecule has 0 aliphatic heterocycles. The van der Waals surface area contributed by atoms with Crippen molar-refractivity contribution < 1.29 is 9.84 Å². The second-order valence-electron chi connectivity index (χ2n) is 5.49. The SMILES string of the molecule is CCC(CC)n1c(O)nc2ncc(Cl)c(-c3ccc(OC)nc3)c21. The van der Waals surface area contributed by atoms with Crippen LogP contribution in [0.4, 0.5) is 0 Å². The van der Waals surface area contributed by atoms with E-state index in [2.05, 4.69) is 28.8 Å². The zero-order valence-electron chi connectivity index (χ0n) is 13.8. The number of ether oxygens (including phenoxy) is 1. The Morgan fingerprint density at radius 1 is 1.21 bits per heavy atom. The lowest BCUT2D eigenvalue weighted by atomic mass is 10.1. The Hall–Kier alpha value is -2.34. The summed E-state index contributed by atoms with van der Waals surface area (Å²) in [6.45, 7) is 4.15. The lowest BCUT2D eigenvalue weighted by Crippen LogP contribution is -2.07. The molecule has 24 heavy (non-hydrogen) atoms. The number of aromatic nitrogens is 4. The van der Waals surface area contributed by atoms with Crippen LogP contribution in [0.15, 0.2) is 24.5 Å². The van der Waals surface area contributed by atoms with Crippen molar-refractivity contribution in [3.63, 3.8) is 0 Å². The molecule has 0 bridgehead atoms. The van der Waals surface area contributed by atoms with Crippen LogP contribution in [0.3, 0.4) is 0 Å². The third kappa shape index (κ3) is 2.67. The van der Waals surface area contributed by atoms with Gasteiger partial charge in [0.25, 0.3) is 6.01 Å². The Morgan fingerprint density at radius 3 is 2.54 bits per heavy atom. The quantitative estimate of drug-likeness (QED) is 0.748. The van der Waals surface area contributed by atoms with Crippen LogP contribution >= 0.6 is 11.6 Å². The normalized spacial score (nSPS) is 11.4. The minimum absolute atomic E-state index is 0.0452. The Labute approximate surface area is 145 Å². The molecule has 0 saturated heterocycles. The maximum atomic E-state index is 10.3. The topological polar surface area (TPSA) is 73.1 Å². The first-order valence-corrected chi connectivity index (χ1v) is 8.24. The number of nitrogens with zero attached hydrogens (tertiary/aromatic N) is 4. The highest BCUT2D eigenvalue weighted by Gasteiger charge is 2.22. The minimum Gasteiger partial charge on any atom is -0.481 e. The fourth-order valence-corrected chi connectivity index (χ4v) is 3.20. The lowest BCUT2D eigenvalue weighted by molar-refractivity contribution is 0.362. The number of rotatable bonds is 5. The number of halogens is 1. The van der Waals surface area contributed by atoms with E-state index in [1.807, 2.05) is 10.6 Å². The van der Waals surface area contributed by atoms with Crippen molar-refractivity contribution in [2.24, 2.45) is 0 Å². The average Bonchev–Trinajstić information content (AvgIpc) is 2.93. The van der Waals surface area contributed by atoms with Crippen molar-refractivity contribution in [2.45, 2.75) is 32.7 Å². The summed E-state index contributed by atoms with van der Waals surface area (Å²) in [5, 5.41) is 10.8. The summed E-state index contributed by atoms with van der Waals surface area (Å²) in [5.74, 6) is 0.525. The van der Waals surface area contributed by atoms with Gasteiger partial charge in [-0.3, -0.25) is 4.57 Å².